The molecule has 1 atom stereocenters. The normalized spacial score (nSPS) is 18.8. The Balaban J connectivity index is 1.72. The Hall–Kier alpha value is -2.24. The van der Waals surface area contributed by atoms with Crippen LogP contribution in [0.1, 0.15) is 58.4 Å². The molecule has 5 nitrogen and oxygen atoms in total. The number of hydrogen-bond donors (Lipinski definition) is 3. The van der Waals surface area contributed by atoms with Crippen LogP contribution < -0.4 is 14.8 Å². The summed E-state index contributed by atoms with van der Waals surface area (Å²) in [7, 11) is 0. The van der Waals surface area contributed by atoms with Gasteiger partial charge in [-0.15, -0.1) is 0 Å². The van der Waals surface area contributed by atoms with Crippen molar-refractivity contribution in [2.75, 3.05) is 13.2 Å². The van der Waals surface area contributed by atoms with Crippen molar-refractivity contribution in [3.8, 4) is 11.5 Å². The maximum absolute atomic E-state index is 9.40. The molecule has 1 unspecified atom stereocenters. The van der Waals surface area contributed by atoms with Crippen LogP contribution in [0, 0.1) is 11.8 Å². The van der Waals surface area contributed by atoms with Crippen LogP contribution in [0.25, 0.3) is 0 Å². The molecule has 1 fully saturated rings. The summed E-state index contributed by atoms with van der Waals surface area (Å²) in [4.78, 5) is 0. The first kappa shape index (κ1) is 24.4. The van der Waals surface area contributed by atoms with Gasteiger partial charge >= 0.3 is 0 Å². The van der Waals surface area contributed by atoms with Gasteiger partial charge in [0.05, 0.1) is 6.61 Å². The highest BCUT2D eigenvalue weighted by Crippen LogP contribution is 2.41. The molecular formula is C27H39NO4. The van der Waals surface area contributed by atoms with Gasteiger partial charge in [0.15, 0.2) is 6.29 Å². The second kappa shape index (κ2) is 12.1. The molecule has 1 aromatic carbocycles. The lowest BCUT2D eigenvalue weighted by atomic mass is 9.95. The van der Waals surface area contributed by atoms with Gasteiger partial charge in [-0.1, -0.05) is 32.9 Å². The Morgan fingerprint density at radius 3 is 2.66 bits per heavy atom. The first-order valence-electron chi connectivity index (χ1n) is 12.1. The molecule has 1 saturated carbocycles. The zero-order valence-electron chi connectivity index (χ0n) is 19.7. The van der Waals surface area contributed by atoms with Crippen LogP contribution in [0.5, 0.6) is 11.5 Å². The number of benzene rings is 1. The summed E-state index contributed by atoms with van der Waals surface area (Å²) in [5, 5.41) is 22.3. The number of rotatable bonds is 13. The Bertz CT molecular complexity index is 821. The molecule has 176 valence electrons. The van der Waals surface area contributed by atoms with E-state index < -0.39 is 6.29 Å². The first-order chi connectivity index (χ1) is 15.4. The molecule has 2 aliphatic carbocycles. The molecule has 2 aliphatic rings. The van der Waals surface area contributed by atoms with E-state index in [4.69, 9.17) is 9.47 Å². The van der Waals surface area contributed by atoms with E-state index in [9.17, 15) is 10.2 Å². The Morgan fingerprint density at radius 2 is 1.97 bits per heavy atom. The highest BCUT2D eigenvalue weighted by molar-refractivity contribution is 5.46. The molecule has 5 heteroatoms. The fourth-order valence-corrected chi connectivity index (χ4v) is 3.82. The van der Waals surface area contributed by atoms with Crippen molar-refractivity contribution >= 4 is 0 Å². The van der Waals surface area contributed by atoms with Crippen LogP contribution in [0.4, 0.5) is 0 Å². The first-order valence-corrected chi connectivity index (χ1v) is 12.1. The van der Waals surface area contributed by atoms with Gasteiger partial charge in [-0.2, -0.15) is 0 Å². The molecule has 3 N–H and O–H groups in total. The average molecular weight is 442 g/mol. The second-order valence-corrected chi connectivity index (χ2v) is 9.27. The predicted octanol–water partition coefficient (Wildman–Crippen LogP) is 4.89. The Morgan fingerprint density at radius 1 is 1.19 bits per heavy atom. The van der Waals surface area contributed by atoms with Gasteiger partial charge in [0, 0.05) is 31.7 Å². The number of nitrogens with one attached hydrogen (secondary N) is 1. The smallest absolute Gasteiger partial charge is 0.155 e. The molecule has 0 bridgehead atoms. The van der Waals surface area contributed by atoms with E-state index in [-0.39, 0.29) is 12.5 Å². The molecule has 32 heavy (non-hydrogen) atoms. The molecule has 0 spiro atoms. The van der Waals surface area contributed by atoms with Gasteiger partial charge in [0.2, 0.25) is 0 Å². The lowest BCUT2D eigenvalue weighted by Gasteiger charge is -2.21. The summed E-state index contributed by atoms with van der Waals surface area (Å²) >= 11 is 0. The molecule has 0 amide bonds. The fourth-order valence-electron chi connectivity index (χ4n) is 3.82. The quantitative estimate of drug-likeness (QED) is 0.300. The number of aliphatic hydroxyl groups is 2. The van der Waals surface area contributed by atoms with Crippen molar-refractivity contribution in [3.63, 3.8) is 0 Å². The molecule has 0 radical (unpaired) electrons. The van der Waals surface area contributed by atoms with E-state index in [1.54, 1.807) is 0 Å². The van der Waals surface area contributed by atoms with E-state index in [0.29, 0.717) is 29.9 Å². The van der Waals surface area contributed by atoms with Gasteiger partial charge in [-0.25, -0.2) is 0 Å². The predicted molar refractivity (Wildman–Crippen MR) is 129 cm³/mol. The summed E-state index contributed by atoms with van der Waals surface area (Å²) in [6.45, 7) is 8.16. The Labute approximate surface area is 192 Å². The molecule has 0 saturated heterocycles. The maximum atomic E-state index is 9.40. The number of hydrogen-bond acceptors (Lipinski definition) is 5. The third-order valence-corrected chi connectivity index (χ3v) is 5.62. The van der Waals surface area contributed by atoms with E-state index in [1.165, 1.54) is 24.0 Å². The van der Waals surface area contributed by atoms with Crippen molar-refractivity contribution in [3.05, 3.63) is 59.3 Å². The third-order valence-electron chi connectivity index (χ3n) is 5.62. The number of aliphatic hydroxyl groups excluding tert-OH is 1. The van der Waals surface area contributed by atoms with Gasteiger partial charge in [0.1, 0.15) is 17.6 Å². The summed E-state index contributed by atoms with van der Waals surface area (Å²) in [5.41, 5.74) is 3.40. The second-order valence-electron chi connectivity index (χ2n) is 9.27. The minimum atomic E-state index is -1.40. The van der Waals surface area contributed by atoms with Crippen LogP contribution in [0.3, 0.4) is 0 Å². The van der Waals surface area contributed by atoms with E-state index >= 15 is 0 Å². The van der Waals surface area contributed by atoms with Crippen molar-refractivity contribution in [1.29, 1.82) is 0 Å². The molecular weight excluding hydrogens is 402 g/mol. The number of ether oxygens (including phenoxy) is 2. The topological polar surface area (TPSA) is 71.0 Å². The van der Waals surface area contributed by atoms with Gasteiger partial charge < -0.3 is 25.0 Å². The highest BCUT2D eigenvalue weighted by atomic mass is 16.5. The molecule has 0 aliphatic heterocycles. The SMILES string of the molecule is CCCOc1cc(CC(O)O)cc(OC2C=C(/C(=C/NCCC(C)C)C3CC3)C=CC2)c1. The van der Waals surface area contributed by atoms with Crippen LogP contribution in [-0.2, 0) is 6.42 Å². The summed E-state index contributed by atoms with van der Waals surface area (Å²) in [6, 6.07) is 5.61. The van der Waals surface area contributed by atoms with E-state index in [0.717, 1.165) is 31.4 Å². The monoisotopic (exact) mass is 441 g/mol. The molecule has 3 rings (SSSR count). The van der Waals surface area contributed by atoms with Crippen LogP contribution in [0.15, 0.2) is 53.8 Å². The standard InChI is InChI=1S/C27H39NO4/c1-4-12-31-24-13-20(15-27(29)30)14-25(17-24)32-23-7-5-6-22(16-23)26(21-8-9-21)18-28-11-10-19(2)3/h5-6,13-14,16-19,21,23,27-30H,4,7-12,15H2,1-3H3/b26-18+. The zero-order chi connectivity index (χ0) is 22.9. The third kappa shape index (κ3) is 8.03. The summed E-state index contributed by atoms with van der Waals surface area (Å²) in [6.07, 6.45) is 12.9. The molecule has 1 aromatic rings. The molecule has 0 aromatic heterocycles. The van der Waals surface area contributed by atoms with Crippen molar-refractivity contribution in [2.24, 2.45) is 11.8 Å². The van der Waals surface area contributed by atoms with Crippen LogP contribution in [0.2, 0.25) is 0 Å². The van der Waals surface area contributed by atoms with Crippen molar-refractivity contribution in [1.82, 2.24) is 5.32 Å². The van der Waals surface area contributed by atoms with Gasteiger partial charge in [-0.3, -0.25) is 0 Å². The number of allylic oxidation sites excluding steroid dienone is 3. The van der Waals surface area contributed by atoms with Crippen molar-refractivity contribution < 1.29 is 19.7 Å². The molecule has 0 heterocycles. The lowest BCUT2D eigenvalue weighted by molar-refractivity contribution is -0.0381. The Kier molecular flexibility index (Phi) is 9.24. The van der Waals surface area contributed by atoms with E-state index in [1.807, 2.05) is 18.2 Å². The fraction of sp³-hybridized carbons (Fsp3) is 0.556. The zero-order valence-corrected chi connectivity index (χ0v) is 19.7. The highest BCUT2D eigenvalue weighted by Gasteiger charge is 2.28. The van der Waals surface area contributed by atoms with Crippen molar-refractivity contribution in [2.45, 2.75) is 71.7 Å². The van der Waals surface area contributed by atoms with Crippen LogP contribution >= 0.6 is 0 Å². The van der Waals surface area contributed by atoms with Gasteiger partial charge in [0.25, 0.3) is 0 Å². The summed E-state index contributed by atoms with van der Waals surface area (Å²) in [5.74, 6) is 2.72. The lowest BCUT2D eigenvalue weighted by Crippen LogP contribution is -2.17. The summed E-state index contributed by atoms with van der Waals surface area (Å²) < 4.78 is 12.1. The van der Waals surface area contributed by atoms with Crippen LogP contribution in [-0.4, -0.2) is 35.8 Å². The van der Waals surface area contributed by atoms with E-state index in [2.05, 4.69) is 50.5 Å². The largest absolute Gasteiger partial charge is 0.493 e. The average Bonchev–Trinajstić information content (AvgIpc) is 3.57. The minimum Gasteiger partial charge on any atom is -0.493 e. The maximum Gasteiger partial charge on any atom is 0.155 e. The van der Waals surface area contributed by atoms with Gasteiger partial charge in [-0.05, 0) is 72.4 Å². The minimum absolute atomic E-state index is 0.0684.